The number of hydrazine groups is 1. The van der Waals surface area contributed by atoms with Crippen molar-refractivity contribution >= 4 is 11.7 Å². The van der Waals surface area contributed by atoms with E-state index in [4.69, 9.17) is 5.73 Å². The van der Waals surface area contributed by atoms with E-state index in [0.29, 0.717) is 0 Å². The van der Waals surface area contributed by atoms with Crippen LogP contribution in [0.15, 0.2) is 16.9 Å². The second kappa shape index (κ2) is 1.98. The Morgan fingerprint density at radius 2 is 2.64 bits per heavy atom. The van der Waals surface area contributed by atoms with Crippen molar-refractivity contribution in [2.24, 2.45) is 10.7 Å². The summed E-state index contributed by atoms with van der Waals surface area (Å²) in [6.07, 6.45) is 2.93. The van der Waals surface area contributed by atoms with E-state index in [2.05, 4.69) is 10.4 Å². The van der Waals surface area contributed by atoms with Crippen molar-refractivity contribution < 1.29 is 4.79 Å². The molecule has 2 rings (SSSR count). The number of fused-ring (bicyclic) bond motifs is 1. The summed E-state index contributed by atoms with van der Waals surface area (Å²) in [5, 5.41) is 1.81. The minimum absolute atomic E-state index is 0.232. The molecule has 5 heteroatoms. The lowest BCUT2D eigenvalue weighted by atomic mass is 10.5. The molecule has 3 N–H and O–H groups in total. The molecule has 0 radical (unpaired) electrons. The van der Waals surface area contributed by atoms with Gasteiger partial charge >= 0.3 is 0 Å². The number of amides is 1. The molecule has 2 aliphatic heterocycles. The van der Waals surface area contributed by atoms with Crippen LogP contribution in [-0.4, -0.2) is 23.3 Å². The summed E-state index contributed by atoms with van der Waals surface area (Å²) < 4.78 is 0. The highest BCUT2D eigenvalue weighted by Crippen LogP contribution is 2.17. The molecule has 0 atom stereocenters. The smallest absolute Gasteiger partial charge is 0.285 e. The van der Waals surface area contributed by atoms with Crippen molar-refractivity contribution in [1.82, 2.24) is 10.4 Å². The summed E-state index contributed by atoms with van der Waals surface area (Å²) in [5.41, 5.74) is 7.81. The van der Waals surface area contributed by atoms with E-state index in [1.807, 2.05) is 6.08 Å². The van der Waals surface area contributed by atoms with Crippen LogP contribution in [0.1, 0.15) is 6.42 Å². The number of hydrogen-bond donors (Lipinski definition) is 2. The van der Waals surface area contributed by atoms with Gasteiger partial charge in [0.15, 0.2) is 0 Å². The maximum Gasteiger partial charge on any atom is 0.285 e. The topological polar surface area (TPSA) is 70.7 Å². The number of primary amides is 1. The number of hydrogen-bond acceptors (Lipinski definition) is 4. The van der Waals surface area contributed by atoms with Gasteiger partial charge in [0.25, 0.3) is 5.91 Å². The van der Waals surface area contributed by atoms with Crippen LogP contribution in [-0.2, 0) is 4.79 Å². The quantitative estimate of drug-likeness (QED) is 0.503. The third-order valence-electron chi connectivity index (χ3n) is 1.66. The molecule has 0 aromatic carbocycles. The molecule has 2 heterocycles. The number of nitrogens with two attached hydrogens (primary N) is 1. The second-order valence-corrected chi connectivity index (χ2v) is 2.44. The second-order valence-electron chi connectivity index (χ2n) is 2.44. The van der Waals surface area contributed by atoms with Gasteiger partial charge in [-0.15, -0.1) is 0 Å². The Morgan fingerprint density at radius 3 is 3.27 bits per heavy atom. The Morgan fingerprint density at radius 1 is 1.82 bits per heavy atom. The Labute approximate surface area is 63.5 Å². The highest BCUT2D eigenvalue weighted by Gasteiger charge is 2.24. The van der Waals surface area contributed by atoms with Crippen molar-refractivity contribution in [2.75, 3.05) is 6.54 Å². The Balaban J connectivity index is 2.24. The molecule has 11 heavy (non-hydrogen) atoms. The van der Waals surface area contributed by atoms with Crippen LogP contribution in [0, 0.1) is 0 Å². The van der Waals surface area contributed by atoms with Gasteiger partial charge in [0.05, 0.1) is 0 Å². The fraction of sp³-hybridized carbons (Fsp3) is 0.333. The van der Waals surface area contributed by atoms with E-state index in [1.54, 1.807) is 5.01 Å². The largest absolute Gasteiger partial charge is 0.363 e. The molecule has 0 saturated carbocycles. The van der Waals surface area contributed by atoms with Gasteiger partial charge in [-0.3, -0.25) is 15.2 Å². The molecule has 58 valence electrons. The highest BCUT2D eigenvalue weighted by molar-refractivity contribution is 6.37. The monoisotopic (exact) mass is 152 g/mol. The summed E-state index contributed by atoms with van der Waals surface area (Å²) in [6, 6.07) is 0. The predicted octanol–water partition coefficient (Wildman–Crippen LogP) is -1.06. The van der Waals surface area contributed by atoms with Crippen LogP contribution in [0.5, 0.6) is 0 Å². The van der Waals surface area contributed by atoms with Crippen molar-refractivity contribution in [2.45, 2.75) is 6.42 Å². The first-order valence-corrected chi connectivity index (χ1v) is 3.40. The molecular weight excluding hydrogens is 144 g/mol. The van der Waals surface area contributed by atoms with E-state index >= 15 is 0 Å². The third kappa shape index (κ3) is 0.849. The SMILES string of the molecule is NC(=O)C1=NC2=CCCN2N1. The number of aliphatic imine (C=N–C) groups is 1. The van der Waals surface area contributed by atoms with Gasteiger partial charge in [0.2, 0.25) is 5.84 Å². The zero-order valence-electron chi connectivity index (χ0n) is 5.87. The maximum absolute atomic E-state index is 10.6. The normalized spacial score (nSPS) is 20.5. The summed E-state index contributed by atoms with van der Waals surface area (Å²) in [6.45, 7) is 0.857. The number of nitrogens with zero attached hydrogens (tertiary/aromatic N) is 2. The fourth-order valence-corrected chi connectivity index (χ4v) is 1.14. The average Bonchev–Trinajstić information content (AvgIpc) is 2.40. The van der Waals surface area contributed by atoms with Crippen LogP contribution >= 0.6 is 0 Å². The average molecular weight is 152 g/mol. The van der Waals surface area contributed by atoms with Crippen LogP contribution in [0.25, 0.3) is 0 Å². The van der Waals surface area contributed by atoms with Gasteiger partial charge in [-0.2, -0.15) is 0 Å². The van der Waals surface area contributed by atoms with Crippen LogP contribution < -0.4 is 11.2 Å². The number of carbonyl (C=O) groups is 1. The number of rotatable bonds is 1. The fourth-order valence-electron chi connectivity index (χ4n) is 1.14. The lowest BCUT2D eigenvalue weighted by molar-refractivity contribution is -0.112. The Bertz CT molecular complexity index is 268. The minimum atomic E-state index is -0.514. The van der Waals surface area contributed by atoms with Gasteiger partial charge in [-0.25, -0.2) is 4.99 Å². The number of carbonyl (C=O) groups excluding carboxylic acids is 1. The van der Waals surface area contributed by atoms with Crippen molar-refractivity contribution in [3.8, 4) is 0 Å². The first-order valence-electron chi connectivity index (χ1n) is 3.40. The lowest BCUT2D eigenvalue weighted by Crippen LogP contribution is -2.40. The Kier molecular flexibility index (Phi) is 1.12. The first kappa shape index (κ1) is 6.21. The zero-order valence-corrected chi connectivity index (χ0v) is 5.87. The molecule has 0 unspecified atom stereocenters. The molecule has 1 amide bonds. The van der Waals surface area contributed by atoms with Crippen molar-refractivity contribution in [1.29, 1.82) is 0 Å². The molecule has 0 spiro atoms. The van der Waals surface area contributed by atoms with Crippen LogP contribution in [0.4, 0.5) is 0 Å². The molecule has 0 fully saturated rings. The summed E-state index contributed by atoms with van der Waals surface area (Å²) >= 11 is 0. The molecule has 0 aromatic rings. The molecule has 0 aliphatic carbocycles. The molecule has 0 bridgehead atoms. The molecule has 0 saturated heterocycles. The van der Waals surface area contributed by atoms with E-state index in [-0.39, 0.29) is 5.84 Å². The summed E-state index contributed by atoms with van der Waals surface area (Å²) in [5.74, 6) is 0.523. The zero-order chi connectivity index (χ0) is 7.84. The van der Waals surface area contributed by atoms with E-state index in [9.17, 15) is 4.79 Å². The van der Waals surface area contributed by atoms with Crippen LogP contribution in [0.3, 0.4) is 0 Å². The van der Waals surface area contributed by atoms with E-state index < -0.39 is 5.91 Å². The van der Waals surface area contributed by atoms with Crippen molar-refractivity contribution in [3.63, 3.8) is 0 Å². The Hall–Kier alpha value is -1.52. The van der Waals surface area contributed by atoms with Crippen LogP contribution in [0.2, 0.25) is 0 Å². The highest BCUT2D eigenvalue weighted by atomic mass is 16.1. The first-order chi connectivity index (χ1) is 5.27. The number of nitrogens with one attached hydrogen (secondary N) is 1. The molecular formula is C6H8N4O. The summed E-state index contributed by atoms with van der Waals surface area (Å²) in [4.78, 5) is 14.6. The molecule has 0 aromatic heterocycles. The van der Waals surface area contributed by atoms with E-state index in [0.717, 1.165) is 18.8 Å². The standard InChI is InChI=1S/C6H8N4O/c7-5(11)6-8-4-2-1-3-10(4)9-6/h2H,1,3H2,(H2,7,11)(H,8,9). The van der Waals surface area contributed by atoms with Gasteiger partial charge in [-0.05, 0) is 12.5 Å². The van der Waals surface area contributed by atoms with Gasteiger partial charge in [-0.1, -0.05) is 0 Å². The molecule has 5 nitrogen and oxygen atoms in total. The predicted molar refractivity (Wildman–Crippen MR) is 39.2 cm³/mol. The van der Waals surface area contributed by atoms with E-state index in [1.165, 1.54) is 0 Å². The summed E-state index contributed by atoms with van der Waals surface area (Å²) in [7, 11) is 0. The van der Waals surface area contributed by atoms with Gasteiger partial charge in [0.1, 0.15) is 5.82 Å². The maximum atomic E-state index is 10.6. The molecule has 2 aliphatic rings. The van der Waals surface area contributed by atoms with Crippen molar-refractivity contribution in [3.05, 3.63) is 11.9 Å². The van der Waals surface area contributed by atoms with Gasteiger partial charge in [0, 0.05) is 6.54 Å². The third-order valence-corrected chi connectivity index (χ3v) is 1.66. The number of amidine groups is 1. The van der Waals surface area contributed by atoms with Gasteiger partial charge < -0.3 is 5.73 Å². The minimum Gasteiger partial charge on any atom is -0.363 e. The lowest BCUT2D eigenvalue weighted by Gasteiger charge is -2.12.